The van der Waals surface area contributed by atoms with E-state index in [0.717, 1.165) is 15.4 Å². The lowest BCUT2D eigenvalue weighted by atomic mass is 10.3. The molecule has 3 rings (SSSR count). The van der Waals surface area contributed by atoms with Gasteiger partial charge in [0.2, 0.25) is 11.8 Å². The minimum atomic E-state index is -0.309. The number of aromatic nitrogens is 2. The normalized spacial score (nSPS) is 10.5. The van der Waals surface area contributed by atoms with Gasteiger partial charge < -0.3 is 15.2 Å². The molecule has 2 amide bonds. The number of nitrogens with one attached hydrogen (secondary N) is 2. The van der Waals surface area contributed by atoms with E-state index in [2.05, 4.69) is 15.6 Å². The molecule has 26 heavy (non-hydrogen) atoms. The molecule has 0 spiro atoms. The second-order valence-corrected chi connectivity index (χ2v) is 7.45. The zero-order valence-corrected chi connectivity index (χ0v) is 15.5. The first-order valence-electron chi connectivity index (χ1n) is 7.75. The first kappa shape index (κ1) is 18.0. The molecule has 0 unspecified atom stereocenters. The Morgan fingerprint density at radius 2 is 2.08 bits per heavy atom. The molecular weight excluding hydrogens is 372 g/mol. The second-order valence-electron chi connectivity index (χ2n) is 5.43. The van der Waals surface area contributed by atoms with E-state index in [1.807, 2.05) is 17.5 Å². The van der Waals surface area contributed by atoms with Crippen LogP contribution in [0.3, 0.4) is 0 Å². The highest BCUT2D eigenvalue weighted by Gasteiger charge is 2.11. The SMILES string of the molecule is CC(=O)NCc1ccc(-c2csc(NC(=O)Cn3ccccc3=O)n2)s1. The van der Waals surface area contributed by atoms with E-state index < -0.39 is 0 Å². The van der Waals surface area contributed by atoms with Crippen LogP contribution in [0.1, 0.15) is 11.8 Å². The highest BCUT2D eigenvalue weighted by Crippen LogP contribution is 2.30. The van der Waals surface area contributed by atoms with Gasteiger partial charge in [-0.15, -0.1) is 22.7 Å². The van der Waals surface area contributed by atoms with Crippen LogP contribution in [0.5, 0.6) is 0 Å². The molecule has 0 bridgehead atoms. The fourth-order valence-corrected chi connectivity index (χ4v) is 3.88. The lowest BCUT2D eigenvalue weighted by Gasteiger charge is -2.04. The Kier molecular flexibility index (Phi) is 5.59. The van der Waals surface area contributed by atoms with Gasteiger partial charge in [0, 0.05) is 29.4 Å². The number of thiazole rings is 1. The molecule has 3 aromatic heterocycles. The number of amides is 2. The molecule has 3 heterocycles. The molecule has 0 atom stereocenters. The maximum Gasteiger partial charge on any atom is 0.250 e. The number of pyridine rings is 1. The summed E-state index contributed by atoms with van der Waals surface area (Å²) in [6, 6.07) is 8.61. The Balaban J connectivity index is 1.63. The molecule has 0 aliphatic heterocycles. The average molecular weight is 388 g/mol. The van der Waals surface area contributed by atoms with Gasteiger partial charge in [-0.25, -0.2) is 4.98 Å². The van der Waals surface area contributed by atoms with E-state index in [4.69, 9.17) is 0 Å². The monoisotopic (exact) mass is 388 g/mol. The van der Waals surface area contributed by atoms with Crippen LogP contribution in [0.4, 0.5) is 5.13 Å². The fourth-order valence-electron chi connectivity index (χ4n) is 2.17. The van der Waals surface area contributed by atoms with Crippen molar-refractivity contribution in [3.05, 3.63) is 57.1 Å². The average Bonchev–Trinajstić information content (AvgIpc) is 3.24. The van der Waals surface area contributed by atoms with Crippen molar-refractivity contribution >= 4 is 39.6 Å². The lowest BCUT2D eigenvalue weighted by Crippen LogP contribution is -2.26. The summed E-state index contributed by atoms with van der Waals surface area (Å²) in [4.78, 5) is 41.1. The van der Waals surface area contributed by atoms with E-state index in [9.17, 15) is 14.4 Å². The Labute approximate surface area is 157 Å². The van der Waals surface area contributed by atoms with Gasteiger partial charge in [-0.2, -0.15) is 0 Å². The zero-order chi connectivity index (χ0) is 18.5. The van der Waals surface area contributed by atoms with Crippen molar-refractivity contribution in [1.82, 2.24) is 14.9 Å². The molecule has 2 N–H and O–H groups in total. The van der Waals surface area contributed by atoms with Crippen molar-refractivity contribution in [3.63, 3.8) is 0 Å². The number of hydrogen-bond acceptors (Lipinski definition) is 6. The summed E-state index contributed by atoms with van der Waals surface area (Å²) in [5.74, 6) is -0.382. The number of hydrogen-bond donors (Lipinski definition) is 2. The van der Waals surface area contributed by atoms with E-state index in [0.29, 0.717) is 11.7 Å². The highest BCUT2D eigenvalue weighted by molar-refractivity contribution is 7.17. The van der Waals surface area contributed by atoms with Crippen LogP contribution < -0.4 is 16.2 Å². The molecule has 0 aliphatic carbocycles. The number of thiophene rings is 1. The Morgan fingerprint density at radius 3 is 2.85 bits per heavy atom. The largest absolute Gasteiger partial charge is 0.351 e. The minimum Gasteiger partial charge on any atom is -0.351 e. The first-order chi connectivity index (χ1) is 12.5. The molecule has 134 valence electrons. The molecule has 0 aliphatic rings. The molecule has 9 heteroatoms. The Morgan fingerprint density at radius 1 is 1.23 bits per heavy atom. The van der Waals surface area contributed by atoms with Crippen molar-refractivity contribution < 1.29 is 9.59 Å². The van der Waals surface area contributed by atoms with E-state index in [1.54, 1.807) is 18.3 Å². The van der Waals surface area contributed by atoms with Crippen LogP contribution in [0.2, 0.25) is 0 Å². The van der Waals surface area contributed by atoms with E-state index in [-0.39, 0.29) is 23.9 Å². The first-order valence-corrected chi connectivity index (χ1v) is 9.45. The van der Waals surface area contributed by atoms with Crippen molar-refractivity contribution in [2.45, 2.75) is 20.0 Å². The maximum absolute atomic E-state index is 12.1. The number of carbonyl (C=O) groups is 2. The van der Waals surface area contributed by atoms with Crippen molar-refractivity contribution in [2.24, 2.45) is 0 Å². The Bertz CT molecular complexity index is 990. The number of carbonyl (C=O) groups excluding carboxylic acids is 2. The fraction of sp³-hybridized carbons (Fsp3) is 0.176. The van der Waals surface area contributed by atoms with Gasteiger partial charge in [0.15, 0.2) is 5.13 Å². The van der Waals surface area contributed by atoms with E-state index >= 15 is 0 Å². The summed E-state index contributed by atoms with van der Waals surface area (Å²) < 4.78 is 1.33. The van der Waals surface area contributed by atoms with Gasteiger partial charge in [-0.05, 0) is 18.2 Å². The van der Waals surface area contributed by atoms with Crippen molar-refractivity contribution in [1.29, 1.82) is 0 Å². The molecule has 0 fully saturated rings. The van der Waals surface area contributed by atoms with Crippen LogP contribution in [0.25, 0.3) is 10.6 Å². The summed E-state index contributed by atoms with van der Waals surface area (Å²) in [5, 5.41) is 7.80. The third-order valence-corrected chi connectivity index (χ3v) is 5.25. The number of rotatable bonds is 6. The maximum atomic E-state index is 12.1. The summed E-state index contributed by atoms with van der Waals surface area (Å²) in [5.41, 5.74) is 0.536. The third-order valence-electron chi connectivity index (χ3n) is 3.39. The molecular formula is C17H16N4O3S2. The van der Waals surface area contributed by atoms with Gasteiger partial charge in [0.1, 0.15) is 6.54 Å². The molecule has 0 radical (unpaired) electrons. The quantitative estimate of drug-likeness (QED) is 0.678. The smallest absolute Gasteiger partial charge is 0.250 e. The van der Waals surface area contributed by atoms with Crippen molar-refractivity contribution in [2.75, 3.05) is 5.32 Å². The third kappa shape index (κ3) is 4.64. The molecule has 3 aromatic rings. The van der Waals surface area contributed by atoms with E-state index in [1.165, 1.54) is 40.2 Å². The van der Waals surface area contributed by atoms with Crippen LogP contribution in [0, 0.1) is 0 Å². The molecule has 0 saturated heterocycles. The van der Waals surface area contributed by atoms with Crippen LogP contribution in [-0.2, 0) is 22.7 Å². The lowest BCUT2D eigenvalue weighted by molar-refractivity contribution is -0.119. The van der Waals surface area contributed by atoms with Crippen LogP contribution in [-0.4, -0.2) is 21.4 Å². The number of nitrogens with zero attached hydrogens (tertiary/aromatic N) is 2. The summed E-state index contributed by atoms with van der Waals surface area (Å²) in [6.07, 6.45) is 1.57. The second kappa shape index (κ2) is 8.07. The van der Waals surface area contributed by atoms with Crippen molar-refractivity contribution in [3.8, 4) is 10.6 Å². The van der Waals surface area contributed by atoms with Crippen LogP contribution in [0.15, 0.2) is 46.7 Å². The van der Waals surface area contributed by atoms with Gasteiger partial charge in [-0.3, -0.25) is 14.4 Å². The van der Waals surface area contributed by atoms with Gasteiger partial charge in [0.25, 0.3) is 5.56 Å². The standard InChI is InChI=1S/C17H16N4O3S2/c1-11(22)18-8-12-5-6-14(26-12)13-10-25-17(19-13)20-15(23)9-21-7-3-2-4-16(21)24/h2-7,10H,8-9H2,1H3,(H,18,22)(H,19,20,23). The van der Waals surface area contributed by atoms with Crippen LogP contribution >= 0.6 is 22.7 Å². The summed E-state index contributed by atoms with van der Waals surface area (Å²) >= 11 is 2.86. The minimum absolute atomic E-state index is 0.0611. The van der Waals surface area contributed by atoms with Gasteiger partial charge in [0.05, 0.1) is 17.1 Å². The molecule has 0 aromatic carbocycles. The Hall–Kier alpha value is -2.78. The predicted molar refractivity (Wildman–Crippen MR) is 102 cm³/mol. The van der Waals surface area contributed by atoms with Gasteiger partial charge in [-0.1, -0.05) is 6.07 Å². The molecule has 0 saturated carbocycles. The summed E-state index contributed by atoms with van der Waals surface area (Å²) in [6.45, 7) is 1.90. The zero-order valence-electron chi connectivity index (χ0n) is 13.9. The predicted octanol–water partition coefficient (Wildman–Crippen LogP) is 2.31. The highest BCUT2D eigenvalue weighted by atomic mass is 32.1. The topological polar surface area (TPSA) is 93.1 Å². The van der Waals surface area contributed by atoms with Gasteiger partial charge >= 0.3 is 0 Å². The number of anilines is 1. The summed E-state index contributed by atoms with van der Waals surface area (Å²) in [7, 11) is 0. The molecule has 7 nitrogen and oxygen atoms in total.